The van der Waals surface area contributed by atoms with Gasteiger partial charge in [0.2, 0.25) is 0 Å². The highest BCUT2D eigenvalue weighted by molar-refractivity contribution is 9.11. The van der Waals surface area contributed by atoms with Crippen LogP contribution in [0.1, 0.15) is 0 Å². The van der Waals surface area contributed by atoms with E-state index in [2.05, 4.69) is 26.6 Å². The number of hydrogen-bond acceptors (Lipinski definition) is 7. The second kappa shape index (κ2) is 9.37. The summed E-state index contributed by atoms with van der Waals surface area (Å²) in [6, 6.07) is 8.37. The predicted octanol–water partition coefficient (Wildman–Crippen LogP) is 3.74. The van der Waals surface area contributed by atoms with E-state index in [4.69, 9.17) is 21.1 Å². The van der Waals surface area contributed by atoms with Crippen molar-refractivity contribution in [3.05, 3.63) is 39.1 Å². The number of nitrogens with one attached hydrogen (secondary N) is 2. The van der Waals surface area contributed by atoms with Gasteiger partial charge in [-0.2, -0.15) is 11.8 Å². The third-order valence-corrected chi connectivity index (χ3v) is 7.90. The number of hydrogen-bond donors (Lipinski definition) is 2. The molecule has 0 saturated carbocycles. The lowest BCUT2D eigenvalue weighted by atomic mass is 10.0. The van der Waals surface area contributed by atoms with Crippen LogP contribution in [0.2, 0.25) is 5.02 Å². The van der Waals surface area contributed by atoms with Crippen molar-refractivity contribution < 1.29 is 23.9 Å². The number of rotatable bonds is 5. The molecule has 2 aromatic rings. The van der Waals surface area contributed by atoms with Gasteiger partial charge in [-0.15, -0.1) is 0 Å². The SMILES string of the molecule is O=C(NC1(C(=O)Nc2ccc(N3CCOCC3=O)c(Cl)c2)CSC1)Oc1ccc(Br)s1. The minimum absolute atomic E-state index is 0.0131. The van der Waals surface area contributed by atoms with Crippen LogP contribution in [0.4, 0.5) is 16.2 Å². The Morgan fingerprint density at radius 3 is 2.68 bits per heavy atom. The summed E-state index contributed by atoms with van der Waals surface area (Å²) in [6.45, 7) is 0.863. The van der Waals surface area contributed by atoms with Crippen LogP contribution >= 0.6 is 50.6 Å². The average molecular weight is 547 g/mol. The molecule has 3 heterocycles. The van der Waals surface area contributed by atoms with Crippen LogP contribution in [0.15, 0.2) is 34.1 Å². The third kappa shape index (κ3) is 5.01. The fourth-order valence-electron chi connectivity index (χ4n) is 3.06. The summed E-state index contributed by atoms with van der Waals surface area (Å²) < 4.78 is 11.2. The molecule has 12 heteroatoms. The Balaban J connectivity index is 1.42. The largest absolute Gasteiger partial charge is 0.414 e. The molecule has 2 N–H and O–H groups in total. The summed E-state index contributed by atoms with van der Waals surface area (Å²) in [5.41, 5.74) is -0.0412. The summed E-state index contributed by atoms with van der Waals surface area (Å²) in [7, 11) is 0. The van der Waals surface area contributed by atoms with Crippen LogP contribution in [0.5, 0.6) is 5.06 Å². The standard InChI is InChI=1S/C19H17BrClN3O5S2/c20-14-3-4-16(31-14)29-18(27)23-19(9-30-10-19)17(26)22-11-1-2-13(12(21)7-11)24-5-6-28-8-15(24)25/h1-4,7H,5-6,8-10H2,(H,22,26)(H,23,27). The Kier molecular flexibility index (Phi) is 6.77. The van der Waals surface area contributed by atoms with Gasteiger partial charge in [-0.3, -0.25) is 9.59 Å². The summed E-state index contributed by atoms with van der Waals surface area (Å²) in [4.78, 5) is 38.8. The smallest absolute Gasteiger partial charge is 0.399 e. The van der Waals surface area contributed by atoms with Crippen molar-refractivity contribution in [2.75, 3.05) is 41.5 Å². The van der Waals surface area contributed by atoms with Crippen LogP contribution in [-0.2, 0) is 14.3 Å². The molecule has 2 aliphatic heterocycles. The van der Waals surface area contributed by atoms with E-state index in [1.165, 1.54) is 11.3 Å². The van der Waals surface area contributed by atoms with Crippen molar-refractivity contribution in [3.8, 4) is 5.06 Å². The van der Waals surface area contributed by atoms with Crippen LogP contribution in [-0.4, -0.2) is 54.7 Å². The van der Waals surface area contributed by atoms with Crippen molar-refractivity contribution in [3.63, 3.8) is 0 Å². The van der Waals surface area contributed by atoms with Gasteiger partial charge in [0.25, 0.3) is 11.8 Å². The molecule has 31 heavy (non-hydrogen) atoms. The van der Waals surface area contributed by atoms with Crippen molar-refractivity contribution >= 4 is 79.9 Å². The Hall–Kier alpha value is -1.79. The van der Waals surface area contributed by atoms with Crippen molar-refractivity contribution in [1.82, 2.24) is 5.32 Å². The molecule has 0 unspecified atom stereocenters. The lowest BCUT2D eigenvalue weighted by Crippen LogP contribution is -2.65. The quantitative estimate of drug-likeness (QED) is 0.593. The minimum Gasteiger partial charge on any atom is -0.399 e. The van der Waals surface area contributed by atoms with Crippen LogP contribution in [0.25, 0.3) is 0 Å². The lowest BCUT2D eigenvalue weighted by molar-refractivity contribution is -0.125. The summed E-state index contributed by atoms with van der Waals surface area (Å²) >= 11 is 12.5. The minimum atomic E-state index is -1.07. The highest BCUT2D eigenvalue weighted by Crippen LogP contribution is 2.34. The Morgan fingerprint density at radius 2 is 2.06 bits per heavy atom. The number of halogens is 2. The Morgan fingerprint density at radius 1 is 1.26 bits per heavy atom. The topological polar surface area (TPSA) is 97.0 Å². The molecule has 1 aromatic carbocycles. The lowest BCUT2D eigenvalue weighted by Gasteiger charge is -2.39. The maximum absolute atomic E-state index is 12.9. The van der Waals surface area contributed by atoms with E-state index in [0.29, 0.717) is 46.1 Å². The zero-order chi connectivity index (χ0) is 22.0. The van der Waals surface area contributed by atoms with Gasteiger partial charge in [-0.05, 0) is 46.3 Å². The van der Waals surface area contributed by atoms with E-state index in [1.807, 2.05) is 0 Å². The first-order valence-corrected chi connectivity index (χ1v) is 12.3. The first kappa shape index (κ1) is 22.4. The molecule has 0 aliphatic carbocycles. The first-order valence-electron chi connectivity index (χ1n) is 9.18. The number of anilines is 2. The number of morpholine rings is 1. The third-order valence-electron chi connectivity index (χ3n) is 4.70. The van der Waals surface area contributed by atoms with E-state index in [-0.39, 0.29) is 18.4 Å². The van der Waals surface area contributed by atoms with Crippen LogP contribution in [0, 0.1) is 0 Å². The maximum Gasteiger partial charge on any atom is 0.414 e. The highest BCUT2D eigenvalue weighted by atomic mass is 79.9. The number of thioether (sulfide) groups is 1. The maximum atomic E-state index is 12.9. The molecule has 3 amide bonds. The van der Waals surface area contributed by atoms with Crippen molar-refractivity contribution in [1.29, 1.82) is 0 Å². The number of thiophene rings is 1. The van der Waals surface area contributed by atoms with Gasteiger partial charge >= 0.3 is 6.09 Å². The fourth-order valence-corrected chi connectivity index (χ4v) is 5.55. The molecular formula is C19H17BrClN3O5S2. The molecule has 4 rings (SSSR count). The molecular weight excluding hydrogens is 530 g/mol. The van der Waals surface area contributed by atoms with Gasteiger partial charge in [0.1, 0.15) is 12.1 Å². The molecule has 1 aromatic heterocycles. The Labute approximate surface area is 199 Å². The number of ether oxygens (including phenoxy) is 2. The van der Waals surface area contributed by atoms with Gasteiger partial charge < -0.3 is 25.0 Å². The van der Waals surface area contributed by atoms with Crippen LogP contribution in [0.3, 0.4) is 0 Å². The fraction of sp³-hybridized carbons (Fsp3) is 0.316. The molecule has 2 fully saturated rings. The van der Waals surface area contributed by atoms with E-state index >= 15 is 0 Å². The number of amides is 3. The van der Waals surface area contributed by atoms with Gasteiger partial charge in [0, 0.05) is 23.7 Å². The van der Waals surface area contributed by atoms with E-state index < -0.39 is 11.6 Å². The monoisotopic (exact) mass is 545 g/mol. The average Bonchev–Trinajstić information content (AvgIpc) is 3.10. The Bertz CT molecular complexity index is 1030. The second-order valence-corrected chi connectivity index (χ2v) is 10.7. The van der Waals surface area contributed by atoms with Crippen molar-refractivity contribution in [2.45, 2.75) is 5.54 Å². The molecule has 164 valence electrons. The molecule has 2 aliphatic rings. The van der Waals surface area contributed by atoms with Gasteiger partial charge in [0.05, 0.1) is 21.1 Å². The zero-order valence-electron chi connectivity index (χ0n) is 16.0. The van der Waals surface area contributed by atoms with E-state index in [9.17, 15) is 14.4 Å². The normalized spacial score (nSPS) is 17.6. The highest BCUT2D eigenvalue weighted by Gasteiger charge is 2.47. The molecule has 0 atom stereocenters. The molecule has 0 bridgehead atoms. The molecule has 0 radical (unpaired) electrons. The summed E-state index contributed by atoms with van der Waals surface area (Å²) in [5, 5.41) is 6.25. The van der Waals surface area contributed by atoms with Crippen LogP contribution < -0.4 is 20.3 Å². The predicted molar refractivity (Wildman–Crippen MR) is 124 cm³/mol. The molecule has 0 spiro atoms. The van der Waals surface area contributed by atoms with Crippen molar-refractivity contribution in [2.24, 2.45) is 0 Å². The van der Waals surface area contributed by atoms with E-state index in [1.54, 1.807) is 47.0 Å². The zero-order valence-corrected chi connectivity index (χ0v) is 20.0. The van der Waals surface area contributed by atoms with Gasteiger partial charge in [-0.1, -0.05) is 22.9 Å². The van der Waals surface area contributed by atoms with Gasteiger partial charge in [-0.25, -0.2) is 4.79 Å². The number of benzene rings is 1. The molecule has 2 saturated heterocycles. The number of nitrogens with zero attached hydrogens (tertiary/aromatic N) is 1. The summed E-state index contributed by atoms with van der Waals surface area (Å²) in [6.07, 6.45) is -0.691. The summed E-state index contributed by atoms with van der Waals surface area (Å²) in [5.74, 6) is 0.324. The first-order chi connectivity index (χ1) is 14.9. The number of carbonyl (C=O) groups is 3. The van der Waals surface area contributed by atoms with Gasteiger partial charge in [0.15, 0.2) is 5.06 Å². The van der Waals surface area contributed by atoms with E-state index in [0.717, 1.165) is 3.79 Å². The molecule has 8 nitrogen and oxygen atoms in total. The second-order valence-electron chi connectivity index (χ2n) is 6.87. The number of carbonyl (C=O) groups excluding carboxylic acids is 3.